The molecule has 4 rings (SSSR count). The van der Waals surface area contributed by atoms with E-state index in [1.807, 2.05) is 19.1 Å². The van der Waals surface area contributed by atoms with E-state index < -0.39 is 5.92 Å². The van der Waals surface area contributed by atoms with Crippen LogP contribution in [0.1, 0.15) is 72.6 Å². The summed E-state index contributed by atoms with van der Waals surface area (Å²) in [6, 6.07) is 7.01. The first kappa shape index (κ1) is 33.0. The monoisotopic (exact) mass is 609 g/mol. The van der Waals surface area contributed by atoms with Crippen molar-refractivity contribution in [3.63, 3.8) is 0 Å². The third kappa shape index (κ3) is 9.06. The van der Waals surface area contributed by atoms with E-state index >= 15 is 0 Å². The fourth-order valence-electron chi connectivity index (χ4n) is 5.82. The Morgan fingerprint density at radius 3 is 2.32 bits per heavy atom. The smallest absolute Gasteiger partial charge is 0.308 e. The van der Waals surface area contributed by atoms with Crippen molar-refractivity contribution in [1.82, 2.24) is 25.5 Å². The maximum atomic E-state index is 12.8. The lowest BCUT2D eigenvalue weighted by atomic mass is 9.80. The van der Waals surface area contributed by atoms with E-state index in [1.54, 1.807) is 42.7 Å². The summed E-state index contributed by atoms with van der Waals surface area (Å²) in [4.78, 5) is 59.7. The molecule has 2 atom stereocenters. The number of carbonyl (C=O) groups excluding carboxylic acids is 4. The van der Waals surface area contributed by atoms with Crippen LogP contribution in [0.2, 0.25) is 0 Å². The lowest BCUT2D eigenvalue weighted by Gasteiger charge is -2.26. The molecule has 2 aromatic rings. The topological polar surface area (TPSA) is 149 Å². The molecule has 3 heterocycles. The molecule has 1 saturated carbocycles. The predicted molar refractivity (Wildman–Crippen MR) is 160 cm³/mol. The first-order chi connectivity index (χ1) is 21.4. The number of pyridine rings is 2. The Kier molecular flexibility index (Phi) is 12.6. The number of hydrogen-bond acceptors (Lipinski definition) is 9. The number of carbonyl (C=O) groups is 4. The van der Waals surface area contributed by atoms with Crippen molar-refractivity contribution in [1.29, 1.82) is 0 Å². The van der Waals surface area contributed by atoms with Gasteiger partial charge in [-0.15, -0.1) is 0 Å². The summed E-state index contributed by atoms with van der Waals surface area (Å²) in [6.45, 7) is 4.25. The van der Waals surface area contributed by atoms with Crippen LogP contribution in [0.5, 0.6) is 0 Å². The van der Waals surface area contributed by atoms with Crippen molar-refractivity contribution in [2.24, 2.45) is 11.8 Å². The number of ether oxygens (including phenoxy) is 3. The second kappa shape index (κ2) is 16.8. The highest BCUT2D eigenvalue weighted by Crippen LogP contribution is 2.37. The van der Waals surface area contributed by atoms with Crippen LogP contribution in [0.15, 0.2) is 42.9 Å². The van der Waals surface area contributed by atoms with E-state index in [2.05, 4.69) is 20.6 Å². The van der Waals surface area contributed by atoms with Crippen molar-refractivity contribution in [2.75, 3.05) is 53.2 Å². The lowest BCUT2D eigenvalue weighted by Crippen LogP contribution is -2.36. The SMILES string of the molecule is CCOC(=O)C1CCC(c2ccc(C(=O)NCCOCCOCCNC(=O)[C@H]3CC(=O)N(C)C3c3cccnc3)cn2)CC1. The highest BCUT2D eigenvalue weighted by Gasteiger charge is 2.42. The molecule has 3 amide bonds. The molecule has 0 radical (unpaired) electrons. The quantitative estimate of drug-likeness (QED) is 0.229. The summed E-state index contributed by atoms with van der Waals surface area (Å²) in [5.74, 6) is -0.792. The van der Waals surface area contributed by atoms with Gasteiger partial charge in [-0.1, -0.05) is 6.07 Å². The van der Waals surface area contributed by atoms with Crippen LogP contribution >= 0.6 is 0 Å². The summed E-state index contributed by atoms with van der Waals surface area (Å²) in [5.41, 5.74) is 2.27. The van der Waals surface area contributed by atoms with Crippen molar-refractivity contribution in [2.45, 2.75) is 51.0 Å². The highest BCUT2D eigenvalue weighted by molar-refractivity contribution is 5.93. The number of amides is 3. The van der Waals surface area contributed by atoms with E-state index in [9.17, 15) is 19.2 Å². The zero-order valence-electron chi connectivity index (χ0n) is 25.5. The van der Waals surface area contributed by atoms with Gasteiger partial charge in [0.2, 0.25) is 11.8 Å². The number of likely N-dealkylation sites (tertiary alicyclic amines) is 1. The molecule has 1 unspecified atom stereocenters. The Labute approximate surface area is 258 Å². The Hall–Kier alpha value is -3.90. The zero-order valence-corrected chi connectivity index (χ0v) is 25.5. The largest absolute Gasteiger partial charge is 0.466 e. The van der Waals surface area contributed by atoms with E-state index in [-0.39, 0.29) is 48.0 Å². The van der Waals surface area contributed by atoms with Gasteiger partial charge in [0.25, 0.3) is 5.91 Å². The molecule has 12 nitrogen and oxygen atoms in total. The Morgan fingerprint density at radius 2 is 1.68 bits per heavy atom. The van der Waals surface area contributed by atoms with Crippen LogP contribution in [0, 0.1) is 11.8 Å². The van der Waals surface area contributed by atoms with Crippen molar-refractivity contribution in [3.8, 4) is 0 Å². The van der Waals surface area contributed by atoms with Gasteiger partial charge in [0.1, 0.15) is 0 Å². The van der Waals surface area contributed by atoms with Gasteiger partial charge in [-0.2, -0.15) is 0 Å². The Balaban J connectivity index is 1.04. The van der Waals surface area contributed by atoms with Gasteiger partial charge >= 0.3 is 5.97 Å². The van der Waals surface area contributed by atoms with Crippen LogP contribution < -0.4 is 10.6 Å². The Bertz CT molecular complexity index is 1240. The maximum Gasteiger partial charge on any atom is 0.308 e. The molecule has 12 heteroatoms. The molecule has 238 valence electrons. The molecule has 44 heavy (non-hydrogen) atoms. The van der Waals surface area contributed by atoms with Crippen LogP contribution in [0.25, 0.3) is 0 Å². The summed E-state index contributed by atoms with van der Waals surface area (Å²) in [7, 11) is 1.71. The molecule has 1 saturated heterocycles. The van der Waals surface area contributed by atoms with Gasteiger partial charge in [0.15, 0.2) is 0 Å². The minimum absolute atomic E-state index is 0.0252. The third-order valence-electron chi connectivity index (χ3n) is 8.21. The first-order valence-electron chi connectivity index (χ1n) is 15.4. The van der Waals surface area contributed by atoms with Gasteiger partial charge in [0, 0.05) is 56.8 Å². The molecular weight excluding hydrogens is 566 g/mol. The first-order valence-corrected chi connectivity index (χ1v) is 15.4. The van der Waals surface area contributed by atoms with Gasteiger partial charge in [-0.25, -0.2) is 0 Å². The fourth-order valence-corrected chi connectivity index (χ4v) is 5.82. The standard InChI is InChI=1S/C32H43N5O7/c1-3-44-32(41)23-8-6-22(7-9-23)27-11-10-25(21-36-27)30(39)34-13-15-42-17-18-43-16-14-35-31(40)26-19-28(38)37(2)29(26)24-5-4-12-33-20-24/h4-5,10-12,20-23,26,29H,3,6-9,13-19H2,1-2H3,(H,34,39)(H,35,40)/t22?,23?,26-,29?/m0/s1. The molecule has 1 aliphatic carbocycles. The molecule has 1 aliphatic heterocycles. The summed E-state index contributed by atoms with van der Waals surface area (Å²) >= 11 is 0. The Morgan fingerprint density at radius 1 is 0.955 bits per heavy atom. The predicted octanol–water partition coefficient (Wildman–Crippen LogP) is 2.41. The summed E-state index contributed by atoms with van der Waals surface area (Å²) in [5, 5.41) is 5.69. The molecular formula is C32H43N5O7. The second-order valence-corrected chi connectivity index (χ2v) is 11.1. The van der Waals surface area contributed by atoms with Gasteiger partial charge in [-0.3, -0.25) is 29.1 Å². The number of nitrogens with one attached hydrogen (secondary N) is 2. The second-order valence-electron chi connectivity index (χ2n) is 11.1. The van der Waals surface area contributed by atoms with E-state index in [0.29, 0.717) is 51.7 Å². The molecule has 0 spiro atoms. The zero-order chi connectivity index (χ0) is 31.3. The number of esters is 1. The number of nitrogens with zero attached hydrogens (tertiary/aromatic N) is 3. The van der Waals surface area contributed by atoms with Crippen LogP contribution in [0.4, 0.5) is 0 Å². The van der Waals surface area contributed by atoms with Gasteiger partial charge < -0.3 is 29.7 Å². The summed E-state index contributed by atoms with van der Waals surface area (Å²) in [6.07, 6.45) is 8.46. The number of rotatable bonds is 15. The maximum absolute atomic E-state index is 12.8. The summed E-state index contributed by atoms with van der Waals surface area (Å²) < 4.78 is 16.2. The number of hydrogen-bond donors (Lipinski definition) is 2. The lowest BCUT2D eigenvalue weighted by molar-refractivity contribution is -0.149. The molecule has 2 N–H and O–H groups in total. The minimum Gasteiger partial charge on any atom is -0.466 e. The number of aromatic nitrogens is 2. The van der Waals surface area contributed by atoms with Crippen molar-refractivity contribution >= 4 is 23.7 Å². The van der Waals surface area contributed by atoms with Crippen molar-refractivity contribution in [3.05, 3.63) is 59.7 Å². The van der Waals surface area contributed by atoms with Crippen LogP contribution in [-0.2, 0) is 28.6 Å². The average Bonchev–Trinajstić information content (AvgIpc) is 3.36. The third-order valence-corrected chi connectivity index (χ3v) is 8.21. The molecule has 2 aromatic heterocycles. The normalized spacial score (nSPS) is 21.6. The van der Waals surface area contributed by atoms with Gasteiger partial charge in [-0.05, 0) is 56.4 Å². The molecule has 0 aromatic carbocycles. The molecule has 2 aliphatic rings. The average molecular weight is 610 g/mol. The minimum atomic E-state index is -0.479. The van der Waals surface area contributed by atoms with Crippen LogP contribution in [-0.4, -0.2) is 91.7 Å². The van der Waals surface area contributed by atoms with Gasteiger partial charge in [0.05, 0.1) is 56.5 Å². The van der Waals surface area contributed by atoms with E-state index in [0.717, 1.165) is 36.9 Å². The van der Waals surface area contributed by atoms with E-state index in [1.165, 1.54) is 0 Å². The molecule has 0 bridgehead atoms. The molecule has 2 fully saturated rings. The van der Waals surface area contributed by atoms with E-state index in [4.69, 9.17) is 14.2 Å². The van der Waals surface area contributed by atoms with Crippen molar-refractivity contribution < 1.29 is 33.4 Å². The fraction of sp³-hybridized carbons (Fsp3) is 0.562. The van der Waals surface area contributed by atoms with Crippen LogP contribution in [0.3, 0.4) is 0 Å². The highest BCUT2D eigenvalue weighted by atomic mass is 16.5.